The van der Waals surface area contributed by atoms with E-state index in [-0.39, 0.29) is 0 Å². The number of carboxylic acid groups (broad SMARTS) is 1. The summed E-state index contributed by atoms with van der Waals surface area (Å²) in [7, 11) is 0. The summed E-state index contributed by atoms with van der Waals surface area (Å²) in [5.41, 5.74) is 4.92. The van der Waals surface area contributed by atoms with Gasteiger partial charge in [0.2, 0.25) is 5.91 Å². The Hall–Kier alpha value is -1.48. The molecule has 1 rings (SSSR count). The summed E-state index contributed by atoms with van der Waals surface area (Å²) in [6, 6.07) is -1.90. The lowest BCUT2D eigenvalue weighted by Crippen LogP contribution is -2.49. The average molecular weight is 304 g/mol. The van der Waals surface area contributed by atoms with Crippen LogP contribution >= 0.6 is 11.8 Å². The molecule has 1 aliphatic heterocycles. The van der Waals surface area contributed by atoms with E-state index in [1.807, 2.05) is 11.8 Å². The van der Waals surface area contributed by atoms with Gasteiger partial charge in [-0.05, 0) is 0 Å². The van der Waals surface area contributed by atoms with Crippen molar-refractivity contribution in [1.29, 1.82) is 0 Å². The van der Waals surface area contributed by atoms with Crippen LogP contribution in [0.4, 0.5) is 4.79 Å². The van der Waals surface area contributed by atoms with E-state index in [4.69, 9.17) is 10.8 Å². The van der Waals surface area contributed by atoms with Crippen molar-refractivity contribution >= 4 is 29.7 Å². The molecule has 0 aromatic rings. The fraction of sp³-hybridized carbons (Fsp3) is 0.727. The van der Waals surface area contributed by atoms with Crippen LogP contribution in [0.1, 0.15) is 6.42 Å². The van der Waals surface area contributed by atoms with Crippen molar-refractivity contribution in [3.63, 3.8) is 0 Å². The number of carbonyl (C=O) groups excluding carboxylic acids is 2. The van der Waals surface area contributed by atoms with E-state index in [0.29, 0.717) is 6.54 Å². The maximum absolute atomic E-state index is 11.5. The molecule has 1 fully saturated rings. The number of thioether (sulfide) groups is 1. The minimum Gasteiger partial charge on any atom is -0.480 e. The molecular weight excluding hydrogens is 284 g/mol. The summed E-state index contributed by atoms with van der Waals surface area (Å²) in [5.74, 6) is 0.119. The van der Waals surface area contributed by atoms with E-state index >= 15 is 0 Å². The molecule has 20 heavy (non-hydrogen) atoms. The van der Waals surface area contributed by atoms with E-state index in [0.717, 1.165) is 31.1 Å². The Morgan fingerprint density at radius 2 is 1.95 bits per heavy atom. The van der Waals surface area contributed by atoms with Crippen molar-refractivity contribution in [2.24, 2.45) is 5.73 Å². The molecule has 0 saturated carbocycles. The van der Waals surface area contributed by atoms with Gasteiger partial charge < -0.3 is 21.5 Å². The third-order valence-corrected chi connectivity index (χ3v) is 3.77. The lowest BCUT2D eigenvalue weighted by atomic mass is 10.2. The highest BCUT2D eigenvalue weighted by Crippen LogP contribution is 2.07. The lowest BCUT2D eigenvalue weighted by molar-refractivity contribution is -0.140. The molecule has 3 amide bonds. The number of rotatable bonds is 7. The third kappa shape index (κ3) is 6.62. The highest BCUT2D eigenvalue weighted by atomic mass is 32.2. The largest absolute Gasteiger partial charge is 0.480 e. The number of nitrogens with one attached hydrogen (secondary N) is 2. The zero-order valence-electron chi connectivity index (χ0n) is 11.1. The Balaban J connectivity index is 2.23. The monoisotopic (exact) mass is 304 g/mol. The number of carbonyl (C=O) groups is 3. The summed E-state index contributed by atoms with van der Waals surface area (Å²) in [4.78, 5) is 35.3. The van der Waals surface area contributed by atoms with Crippen LogP contribution in [0, 0.1) is 0 Å². The summed E-state index contributed by atoms with van der Waals surface area (Å²) >= 11 is 1.91. The first-order valence-electron chi connectivity index (χ1n) is 6.34. The van der Waals surface area contributed by atoms with Gasteiger partial charge in [-0.25, -0.2) is 9.59 Å². The van der Waals surface area contributed by atoms with Crippen LogP contribution in [0.15, 0.2) is 0 Å². The first-order valence-corrected chi connectivity index (χ1v) is 7.50. The van der Waals surface area contributed by atoms with Gasteiger partial charge in [-0.15, -0.1) is 0 Å². The molecule has 5 N–H and O–H groups in total. The van der Waals surface area contributed by atoms with Crippen molar-refractivity contribution < 1.29 is 19.5 Å². The number of amides is 3. The number of hydrogen-bond acceptors (Lipinski definition) is 5. The van der Waals surface area contributed by atoms with Gasteiger partial charge in [0.1, 0.15) is 6.04 Å². The van der Waals surface area contributed by atoms with E-state index in [1.54, 1.807) is 0 Å². The summed E-state index contributed by atoms with van der Waals surface area (Å²) < 4.78 is 0. The molecule has 0 spiro atoms. The quantitative estimate of drug-likeness (QED) is 0.461. The van der Waals surface area contributed by atoms with Crippen LogP contribution in [0.3, 0.4) is 0 Å². The van der Waals surface area contributed by atoms with Gasteiger partial charge in [0, 0.05) is 37.7 Å². The van der Waals surface area contributed by atoms with Gasteiger partial charge in [-0.2, -0.15) is 11.8 Å². The second kappa shape index (κ2) is 8.64. The second-order valence-electron chi connectivity index (χ2n) is 4.42. The van der Waals surface area contributed by atoms with Gasteiger partial charge in [0.15, 0.2) is 0 Å². The van der Waals surface area contributed by atoms with Crippen LogP contribution in [0.25, 0.3) is 0 Å². The topological polar surface area (TPSA) is 125 Å². The minimum atomic E-state index is -1.29. The summed E-state index contributed by atoms with van der Waals surface area (Å²) in [5, 5.41) is 13.6. The lowest BCUT2D eigenvalue weighted by Gasteiger charge is -2.26. The fourth-order valence-electron chi connectivity index (χ4n) is 1.76. The molecule has 9 heteroatoms. The Labute approximate surface area is 121 Å². The van der Waals surface area contributed by atoms with Crippen molar-refractivity contribution in [2.45, 2.75) is 12.5 Å². The minimum absolute atomic E-state index is 0.425. The molecule has 1 heterocycles. The van der Waals surface area contributed by atoms with Gasteiger partial charge in [-0.1, -0.05) is 0 Å². The van der Waals surface area contributed by atoms with Crippen LogP contribution in [0.5, 0.6) is 0 Å². The van der Waals surface area contributed by atoms with Gasteiger partial charge in [0.25, 0.3) is 0 Å². The van der Waals surface area contributed by atoms with Crippen molar-refractivity contribution in [3.8, 4) is 0 Å². The smallest absolute Gasteiger partial charge is 0.326 e. The predicted octanol–water partition coefficient (Wildman–Crippen LogP) is -1.34. The average Bonchev–Trinajstić information content (AvgIpc) is 2.38. The third-order valence-electron chi connectivity index (χ3n) is 2.83. The van der Waals surface area contributed by atoms with Crippen LogP contribution in [-0.4, -0.2) is 71.6 Å². The molecule has 0 bridgehead atoms. The Morgan fingerprint density at radius 3 is 2.50 bits per heavy atom. The molecule has 1 aliphatic rings. The van der Waals surface area contributed by atoms with Crippen LogP contribution in [0.2, 0.25) is 0 Å². The molecule has 1 atom stereocenters. The molecule has 0 aromatic heterocycles. The number of hydrogen-bond donors (Lipinski definition) is 4. The number of carboxylic acids is 1. The summed E-state index contributed by atoms with van der Waals surface area (Å²) in [6.45, 7) is 3.14. The standard InChI is InChI=1S/C11H20N4O4S/c12-9(16)7-8(10(17)18)14-11(19)13-1-2-15-3-5-20-6-4-15/h8H,1-7H2,(H2,12,16)(H,17,18)(H2,13,14,19)/t8-/m0/s1. The van der Waals surface area contributed by atoms with Gasteiger partial charge >= 0.3 is 12.0 Å². The van der Waals surface area contributed by atoms with Crippen LogP contribution in [-0.2, 0) is 9.59 Å². The molecule has 0 aliphatic carbocycles. The highest BCUT2D eigenvalue weighted by molar-refractivity contribution is 7.99. The van der Waals surface area contributed by atoms with Crippen LogP contribution < -0.4 is 16.4 Å². The molecule has 114 valence electrons. The molecular formula is C11H20N4O4S. The maximum atomic E-state index is 11.5. The SMILES string of the molecule is NC(=O)C[C@H](NC(=O)NCCN1CCSCC1)C(=O)O. The molecule has 1 saturated heterocycles. The van der Waals surface area contributed by atoms with E-state index < -0.39 is 30.4 Å². The second-order valence-corrected chi connectivity index (χ2v) is 5.64. The first-order chi connectivity index (χ1) is 9.49. The summed E-state index contributed by atoms with van der Waals surface area (Å²) in [6.07, 6.45) is -0.425. The van der Waals surface area contributed by atoms with Crippen molar-refractivity contribution in [3.05, 3.63) is 0 Å². The van der Waals surface area contributed by atoms with E-state index in [1.165, 1.54) is 0 Å². The number of nitrogens with zero attached hydrogens (tertiary/aromatic N) is 1. The van der Waals surface area contributed by atoms with E-state index in [2.05, 4.69) is 15.5 Å². The zero-order valence-corrected chi connectivity index (χ0v) is 11.9. The van der Waals surface area contributed by atoms with Gasteiger partial charge in [0.05, 0.1) is 6.42 Å². The van der Waals surface area contributed by atoms with E-state index in [9.17, 15) is 14.4 Å². The number of urea groups is 1. The molecule has 0 unspecified atom stereocenters. The Morgan fingerprint density at radius 1 is 1.30 bits per heavy atom. The molecule has 0 radical (unpaired) electrons. The zero-order chi connectivity index (χ0) is 15.0. The van der Waals surface area contributed by atoms with Gasteiger partial charge in [-0.3, -0.25) is 9.69 Å². The number of nitrogens with two attached hydrogens (primary N) is 1. The molecule has 8 nitrogen and oxygen atoms in total. The van der Waals surface area contributed by atoms with Crippen molar-refractivity contribution in [1.82, 2.24) is 15.5 Å². The number of aliphatic carboxylic acids is 1. The van der Waals surface area contributed by atoms with Crippen molar-refractivity contribution in [2.75, 3.05) is 37.7 Å². The Kier molecular flexibility index (Phi) is 7.16. The Bertz CT molecular complexity index is 360. The predicted molar refractivity (Wildman–Crippen MR) is 75.5 cm³/mol. The maximum Gasteiger partial charge on any atom is 0.326 e. The number of primary amides is 1. The normalized spacial score (nSPS) is 17.2. The first kappa shape index (κ1) is 16.6. The fourth-order valence-corrected chi connectivity index (χ4v) is 2.74. The molecule has 0 aromatic carbocycles. The highest BCUT2D eigenvalue weighted by Gasteiger charge is 2.21.